The number of carboxylic acid groups (broad SMARTS) is 1. The van der Waals surface area contributed by atoms with Crippen molar-refractivity contribution in [3.63, 3.8) is 0 Å². The monoisotopic (exact) mass is 440 g/mol. The quantitative estimate of drug-likeness (QED) is 0.556. The van der Waals surface area contributed by atoms with Crippen LogP contribution >= 0.6 is 11.6 Å². The first-order chi connectivity index (χ1) is 14.2. The van der Waals surface area contributed by atoms with Crippen molar-refractivity contribution < 1.29 is 23.1 Å². The largest absolute Gasteiger partial charge is 0.481 e. The molecule has 2 aromatic carbocycles. The fraction of sp³-hybridized carbons (Fsp3) is 0.409. The Morgan fingerprint density at radius 1 is 1.20 bits per heavy atom. The molecule has 8 heteroatoms. The molecule has 3 rings (SSSR count). The molecule has 0 spiro atoms. The lowest BCUT2D eigenvalue weighted by atomic mass is 9.97. The molecule has 0 atom stereocenters. The number of aryl methyl sites for hydroxylation is 2. The molecule has 30 heavy (non-hydrogen) atoms. The summed E-state index contributed by atoms with van der Waals surface area (Å²) in [5.74, 6) is -1.23. The number of hydrogen-bond donors (Lipinski definition) is 1. The standard InChI is InChI=1S/C22H24ClF3N2O2/c1-3-15-4-5-19(9-16(15)10-27-11-17(12-27)21(29)30)28(22(25,26)13-24)18-6-7-20(23)14(2)8-18/h4-9,17H,3,10-13H2,1-2H3,(H,29,30). The van der Waals surface area contributed by atoms with E-state index >= 15 is 0 Å². The summed E-state index contributed by atoms with van der Waals surface area (Å²) < 4.78 is 42.6. The van der Waals surface area contributed by atoms with E-state index in [0.29, 0.717) is 41.5 Å². The zero-order valence-corrected chi connectivity index (χ0v) is 17.6. The van der Waals surface area contributed by atoms with Crippen molar-refractivity contribution in [3.05, 3.63) is 58.1 Å². The van der Waals surface area contributed by atoms with Crippen molar-refractivity contribution in [1.82, 2.24) is 4.90 Å². The molecule has 0 bridgehead atoms. The Bertz CT molecular complexity index is 933. The number of nitrogens with zero attached hydrogens (tertiary/aromatic N) is 2. The number of hydrogen-bond acceptors (Lipinski definition) is 3. The van der Waals surface area contributed by atoms with Gasteiger partial charge in [-0.25, -0.2) is 4.39 Å². The van der Waals surface area contributed by atoms with E-state index in [0.717, 1.165) is 11.1 Å². The zero-order chi connectivity index (χ0) is 22.1. The Balaban J connectivity index is 1.97. The molecule has 0 unspecified atom stereocenters. The van der Waals surface area contributed by atoms with Crippen LogP contribution < -0.4 is 4.90 Å². The van der Waals surface area contributed by atoms with Crippen molar-refractivity contribution >= 4 is 28.9 Å². The summed E-state index contributed by atoms with van der Waals surface area (Å²) >= 11 is 6.03. The van der Waals surface area contributed by atoms with Crippen LogP contribution in [-0.4, -0.2) is 41.8 Å². The average molecular weight is 441 g/mol. The van der Waals surface area contributed by atoms with E-state index in [9.17, 15) is 18.0 Å². The van der Waals surface area contributed by atoms with Crippen molar-refractivity contribution in [2.75, 3.05) is 24.7 Å². The minimum absolute atomic E-state index is 0.143. The van der Waals surface area contributed by atoms with Crippen molar-refractivity contribution in [1.29, 1.82) is 0 Å². The van der Waals surface area contributed by atoms with Gasteiger partial charge in [0.1, 0.15) is 0 Å². The van der Waals surface area contributed by atoms with Crippen molar-refractivity contribution in [2.45, 2.75) is 32.9 Å². The second kappa shape index (κ2) is 8.86. The molecule has 0 radical (unpaired) electrons. The van der Waals surface area contributed by atoms with Gasteiger partial charge in [0.05, 0.1) is 5.92 Å². The maximum atomic E-state index is 14.7. The summed E-state index contributed by atoms with van der Waals surface area (Å²) in [5, 5.41) is 9.50. The molecule has 1 aliphatic heterocycles. The molecule has 0 aromatic heterocycles. The van der Waals surface area contributed by atoms with E-state index in [1.807, 2.05) is 11.8 Å². The highest BCUT2D eigenvalue weighted by Gasteiger charge is 2.39. The summed E-state index contributed by atoms with van der Waals surface area (Å²) in [4.78, 5) is 13.7. The van der Waals surface area contributed by atoms with Gasteiger partial charge in [-0.3, -0.25) is 14.6 Å². The fourth-order valence-electron chi connectivity index (χ4n) is 3.69. The highest BCUT2D eigenvalue weighted by molar-refractivity contribution is 6.31. The Labute approximate surface area is 178 Å². The topological polar surface area (TPSA) is 43.8 Å². The second-order valence-electron chi connectivity index (χ2n) is 7.60. The Kier molecular flexibility index (Phi) is 6.62. The first kappa shape index (κ1) is 22.4. The summed E-state index contributed by atoms with van der Waals surface area (Å²) in [6.45, 7) is 3.12. The number of anilines is 2. The van der Waals surface area contributed by atoms with E-state index < -0.39 is 24.6 Å². The minimum atomic E-state index is -3.74. The molecule has 1 heterocycles. The Morgan fingerprint density at radius 3 is 2.40 bits per heavy atom. The lowest BCUT2D eigenvalue weighted by molar-refractivity contribution is -0.147. The van der Waals surface area contributed by atoms with Crippen LogP contribution in [0.2, 0.25) is 5.02 Å². The Hall–Kier alpha value is -2.25. The van der Waals surface area contributed by atoms with Gasteiger partial charge in [0.25, 0.3) is 0 Å². The smallest absolute Gasteiger partial charge is 0.357 e. The summed E-state index contributed by atoms with van der Waals surface area (Å²) in [7, 11) is 0. The molecule has 4 nitrogen and oxygen atoms in total. The summed E-state index contributed by atoms with van der Waals surface area (Å²) in [6.07, 6.45) is 0.700. The average Bonchev–Trinajstić information content (AvgIpc) is 2.67. The number of rotatable bonds is 8. The number of alkyl halides is 3. The number of likely N-dealkylation sites (tertiary alicyclic amines) is 1. The molecule has 0 amide bonds. The molecule has 0 aliphatic carbocycles. The predicted octanol–water partition coefficient (Wildman–Crippen LogP) is 5.43. The van der Waals surface area contributed by atoms with Gasteiger partial charge in [-0.2, -0.15) is 8.78 Å². The highest BCUT2D eigenvalue weighted by atomic mass is 35.5. The second-order valence-corrected chi connectivity index (χ2v) is 8.01. The highest BCUT2D eigenvalue weighted by Crippen LogP contribution is 2.38. The maximum absolute atomic E-state index is 14.7. The van der Waals surface area contributed by atoms with Crippen LogP contribution in [0.15, 0.2) is 36.4 Å². The van der Waals surface area contributed by atoms with Crippen LogP contribution in [0.5, 0.6) is 0 Å². The third-order valence-electron chi connectivity index (χ3n) is 5.42. The van der Waals surface area contributed by atoms with E-state index in [1.54, 1.807) is 25.1 Å². The van der Waals surface area contributed by atoms with E-state index in [1.165, 1.54) is 18.2 Å². The maximum Gasteiger partial charge on any atom is 0.357 e. The first-order valence-electron chi connectivity index (χ1n) is 9.73. The van der Waals surface area contributed by atoms with E-state index in [4.69, 9.17) is 16.7 Å². The van der Waals surface area contributed by atoms with Gasteiger partial charge in [-0.15, -0.1) is 0 Å². The molecule has 1 fully saturated rings. The van der Waals surface area contributed by atoms with E-state index in [-0.39, 0.29) is 11.4 Å². The third kappa shape index (κ3) is 4.57. The third-order valence-corrected chi connectivity index (χ3v) is 5.84. The van der Waals surface area contributed by atoms with Gasteiger partial charge in [0, 0.05) is 36.0 Å². The molecule has 1 saturated heterocycles. The number of carboxylic acids is 1. The molecular weight excluding hydrogens is 417 g/mol. The lowest BCUT2D eigenvalue weighted by Gasteiger charge is -2.37. The van der Waals surface area contributed by atoms with Crippen LogP contribution in [0, 0.1) is 12.8 Å². The lowest BCUT2D eigenvalue weighted by Crippen LogP contribution is -2.49. The van der Waals surface area contributed by atoms with Crippen LogP contribution in [0.3, 0.4) is 0 Å². The van der Waals surface area contributed by atoms with Crippen LogP contribution in [0.1, 0.15) is 23.6 Å². The number of benzene rings is 2. The molecule has 1 aliphatic rings. The van der Waals surface area contributed by atoms with Gasteiger partial charge < -0.3 is 5.11 Å². The fourth-order valence-corrected chi connectivity index (χ4v) is 3.81. The molecular formula is C22H24ClF3N2O2. The van der Waals surface area contributed by atoms with Gasteiger partial charge in [-0.1, -0.05) is 24.6 Å². The molecule has 2 aromatic rings. The van der Waals surface area contributed by atoms with Crippen LogP contribution in [0.4, 0.5) is 24.5 Å². The van der Waals surface area contributed by atoms with Crippen molar-refractivity contribution in [3.8, 4) is 0 Å². The SMILES string of the molecule is CCc1ccc(N(c2ccc(Cl)c(C)c2)C(F)(F)CF)cc1CN1CC(C(=O)O)C1. The predicted molar refractivity (Wildman–Crippen MR) is 111 cm³/mol. The number of halogens is 4. The number of carbonyl (C=O) groups is 1. The van der Waals surface area contributed by atoms with E-state index in [2.05, 4.69) is 0 Å². The first-order valence-corrected chi connectivity index (χ1v) is 10.1. The minimum Gasteiger partial charge on any atom is -0.481 e. The summed E-state index contributed by atoms with van der Waals surface area (Å²) in [5.41, 5.74) is 2.73. The van der Waals surface area contributed by atoms with Crippen LogP contribution in [0.25, 0.3) is 0 Å². The van der Waals surface area contributed by atoms with Gasteiger partial charge >= 0.3 is 12.0 Å². The zero-order valence-electron chi connectivity index (χ0n) is 16.8. The molecule has 162 valence electrons. The van der Waals surface area contributed by atoms with Gasteiger partial charge in [0.15, 0.2) is 6.67 Å². The Morgan fingerprint density at radius 2 is 1.83 bits per heavy atom. The molecule has 1 N–H and O–H groups in total. The van der Waals surface area contributed by atoms with Gasteiger partial charge in [-0.05, 0) is 60.4 Å². The van der Waals surface area contributed by atoms with Gasteiger partial charge in [0.2, 0.25) is 0 Å². The van der Waals surface area contributed by atoms with Crippen molar-refractivity contribution in [2.24, 2.45) is 5.92 Å². The van der Waals surface area contributed by atoms with Crippen LogP contribution in [-0.2, 0) is 17.8 Å². The number of aliphatic carboxylic acids is 1. The molecule has 0 saturated carbocycles. The summed E-state index contributed by atoms with van der Waals surface area (Å²) in [6, 6.07) is 5.69. The normalized spacial score (nSPS) is 15.1.